The first-order valence-electron chi connectivity index (χ1n) is 7.13. The number of methoxy groups -OCH3 is 3. The van der Waals surface area contributed by atoms with E-state index in [0.29, 0.717) is 39.3 Å². The minimum Gasteiger partial charge on any atom is -0.497 e. The van der Waals surface area contributed by atoms with E-state index < -0.39 is 0 Å². The summed E-state index contributed by atoms with van der Waals surface area (Å²) in [5.74, 6) is 2.53. The van der Waals surface area contributed by atoms with E-state index in [0.717, 1.165) is 5.39 Å². The van der Waals surface area contributed by atoms with Gasteiger partial charge in [0.1, 0.15) is 29.4 Å². The smallest absolute Gasteiger partial charge is 0.145 e. The summed E-state index contributed by atoms with van der Waals surface area (Å²) < 4.78 is 16.0. The topological polar surface area (TPSA) is 65.5 Å². The van der Waals surface area contributed by atoms with Gasteiger partial charge in [-0.25, -0.2) is 9.97 Å². The quantitative estimate of drug-likeness (QED) is 0.702. The van der Waals surface area contributed by atoms with Gasteiger partial charge in [0, 0.05) is 18.2 Å². The highest BCUT2D eigenvalue weighted by Gasteiger charge is 2.13. The van der Waals surface area contributed by atoms with Crippen molar-refractivity contribution in [1.29, 1.82) is 0 Å². The van der Waals surface area contributed by atoms with Crippen molar-refractivity contribution < 1.29 is 14.2 Å². The van der Waals surface area contributed by atoms with E-state index in [1.165, 1.54) is 6.33 Å². The van der Waals surface area contributed by atoms with Crippen molar-refractivity contribution in [2.45, 2.75) is 0 Å². The molecule has 0 spiro atoms. The molecule has 1 N–H and O–H groups in total. The molecule has 0 radical (unpaired) electrons. The van der Waals surface area contributed by atoms with Gasteiger partial charge in [0.2, 0.25) is 0 Å². The molecule has 0 bridgehead atoms. The van der Waals surface area contributed by atoms with Crippen molar-refractivity contribution in [2.75, 3.05) is 26.6 Å². The number of halogens is 2. The standard InChI is InChI=1S/C17H16ClN3O3.ClH/c1-22-10-4-5-12(18)13(6-10)21-17-16-14(19-9-20-17)7-11(23-2)8-15(16)24-3;/h4-9H,1-3H3,(H,19,20,21);1H. The maximum absolute atomic E-state index is 6.26. The van der Waals surface area contributed by atoms with Gasteiger partial charge in [-0.15, -0.1) is 12.4 Å². The van der Waals surface area contributed by atoms with E-state index in [-0.39, 0.29) is 12.4 Å². The fourth-order valence-corrected chi connectivity index (χ4v) is 2.52. The van der Waals surface area contributed by atoms with Crippen LogP contribution in [0, 0.1) is 0 Å². The van der Waals surface area contributed by atoms with Crippen LogP contribution in [0.25, 0.3) is 10.9 Å². The zero-order chi connectivity index (χ0) is 17.1. The molecule has 0 aliphatic carbocycles. The molecule has 25 heavy (non-hydrogen) atoms. The minimum absolute atomic E-state index is 0. The van der Waals surface area contributed by atoms with Crippen LogP contribution in [-0.4, -0.2) is 31.3 Å². The van der Waals surface area contributed by atoms with Crippen molar-refractivity contribution in [2.24, 2.45) is 0 Å². The second-order valence-electron chi connectivity index (χ2n) is 4.92. The van der Waals surface area contributed by atoms with Crippen LogP contribution in [0.15, 0.2) is 36.7 Å². The van der Waals surface area contributed by atoms with Gasteiger partial charge in [-0.05, 0) is 12.1 Å². The number of nitrogens with zero attached hydrogens (tertiary/aromatic N) is 2. The lowest BCUT2D eigenvalue weighted by Crippen LogP contribution is -1.99. The summed E-state index contributed by atoms with van der Waals surface area (Å²) in [6, 6.07) is 8.94. The molecule has 0 fully saturated rings. The molecule has 8 heteroatoms. The summed E-state index contributed by atoms with van der Waals surface area (Å²) >= 11 is 6.26. The molecular weight excluding hydrogens is 365 g/mol. The molecule has 0 aliphatic heterocycles. The highest BCUT2D eigenvalue weighted by molar-refractivity contribution is 6.33. The fourth-order valence-electron chi connectivity index (χ4n) is 2.36. The van der Waals surface area contributed by atoms with Crippen LogP contribution in [0.1, 0.15) is 0 Å². The number of anilines is 2. The zero-order valence-electron chi connectivity index (χ0n) is 13.9. The number of rotatable bonds is 5. The average molecular weight is 382 g/mol. The Bertz CT molecular complexity index is 890. The third-order valence-electron chi connectivity index (χ3n) is 3.56. The minimum atomic E-state index is 0. The summed E-state index contributed by atoms with van der Waals surface area (Å²) in [6.07, 6.45) is 1.47. The number of ether oxygens (including phenoxy) is 3. The van der Waals surface area contributed by atoms with E-state index in [4.69, 9.17) is 25.8 Å². The van der Waals surface area contributed by atoms with E-state index in [2.05, 4.69) is 15.3 Å². The van der Waals surface area contributed by atoms with Crippen LogP contribution >= 0.6 is 24.0 Å². The van der Waals surface area contributed by atoms with Crippen LogP contribution < -0.4 is 19.5 Å². The summed E-state index contributed by atoms with van der Waals surface area (Å²) in [4.78, 5) is 8.61. The van der Waals surface area contributed by atoms with Gasteiger partial charge < -0.3 is 19.5 Å². The summed E-state index contributed by atoms with van der Waals surface area (Å²) in [5.41, 5.74) is 1.37. The molecule has 0 unspecified atom stereocenters. The van der Waals surface area contributed by atoms with Crippen molar-refractivity contribution in [3.63, 3.8) is 0 Å². The lowest BCUT2D eigenvalue weighted by molar-refractivity contribution is 0.398. The Morgan fingerprint density at radius 2 is 1.68 bits per heavy atom. The summed E-state index contributed by atoms with van der Waals surface area (Å²) in [7, 11) is 4.78. The molecule has 0 saturated carbocycles. The molecular formula is C17H17Cl2N3O3. The Balaban J connectivity index is 0.00000225. The molecule has 6 nitrogen and oxygen atoms in total. The second kappa shape index (κ2) is 8.09. The maximum Gasteiger partial charge on any atom is 0.145 e. The summed E-state index contributed by atoms with van der Waals surface area (Å²) in [5, 5.41) is 4.51. The number of benzene rings is 2. The van der Waals surface area contributed by atoms with Crippen LogP contribution in [0.3, 0.4) is 0 Å². The first-order chi connectivity index (χ1) is 11.7. The van der Waals surface area contributed by atoms with Crippen molar-refractivity contribution in [1.82, 2.24) is 9.97 Å². The van der Waals surface area contributed by atoms with Crippen LogP contribution in [0.2, 0.25) is 5.02 Å². The van der Waals surface area contributed by atoms with Crippen molar-refractivity contribution in [3.05, 3.63) is 41.7 Å². The first-order valence-corrected chi connectivity index (χ1v) is 7.51. The van der Waals surface area contributed by atoms with E-state index in [9.17, 15) is 0 Å². The van der Waals surface area contributed by atoms with Crippen LogP contribution in [0.4, 0.5) is 11.5 Å². The Labute approximate surface area is 156 Å². The summed E-state index contributed by atoms with van der Waals surface area (Å²) in [6.45, 7) is 0. The maximum atomic E-state index is 6.26. The molecule has 132 valence electrons. The van der Waals surface area contributed by atoms with Gasteiger partial charge in [-0.2, -0.15) is 0 Å². The van der Waals surface area contributed by atoms with Gasteiger partial charge in [-0.3, -0.25) is 0 Å². The molecule has 3 aromatic rings. The normalized spacial score (nSPS) is 10.1. The molecule has 1 heterocycles. The van der Waals surface area contributed by atoms with Crippen molar-refractivity contribution >= 4 is 46.4 Å². The number of aromatic nitrogens is 2. The lowest BCUT2D eigenvalue weighted by atomic mass is 10.2. The number of fused-ring (bicyclic) bond motifs is 1. The van der Waals surface area contributed by atoms with E-state index in [1.807, 2.05) is 6.07 Å². The predicted molar refractivity (Wildman–Crippen MR) is 101 cm³/mol. The van der Waals surface area contributed by atoms with Crippen LogP contribution in [-0.2, 0) is 0 Å². The number of hydrogen-bond donors (Lipinski definition) is 1. The number of nitrogens with one attached hydrogen (secondary N) is 1. The lowest BCUT2D eigenvalue weighted by Gasteiger charge is -2.14. The second-order valence-corrected chi connectivity index (χ2v) is 5.32. The van der Waals surface area contributed by atoms with Gasteiger partial charge in [0.05, 0.1) is 42.9 Å². The largest absolute Gasteiger partial charge is 0.497 e. The Kier molecular flexibility index (Phi) is 6.12. The molecule has 2 aromatic carbocycles. The Morgan fingerprint density at radius 1 is 0.920 bits per heavy atom. The van der Waals surface area contributed by atoms with E-state index in [1.54, 1.807) is 45.6 Å². The first kappa shape index (κ1) is 18.9. The SMILES string of the molecule is COc1ccc(Cl)c(Nc2ncnc3cc(OC)cc(OC)c23)c1.Cl. The zero-order valence-corrected chi connectivity index (χ0v) is 15.4. The molecule has 3 rings (SSSR count). The van der Waals surface area contributed by atoms with E-state index >= 15 is 0 Å². The Hall–Kier alpha value is -2.44. The molecule has 0 aliphatic rings. The highest BCUT2D eigenvalue weighted by Crippen LogP contribution is 2.36. The fraction of sp³-hybridized carbons (Fsp3) is 0.176. The monoisotopic (exact) mass is 381 g/mol. The van der Waals surface area contributed by atoms with Gasteiger partial charge in [-0.1, -0.05) is 11.6 Å². The molecule has 0 atom stereocenters. The van der Waals surface area contributed by atoms with Gasteiger partial charge >= 0.3 is 0 Å². The Morgan fingerprint density at radius 3 is 2.36 bits per heavy atom. The van der Waals surface area contributed by atoms with Gasteiger partial charge in [0.25, 0.3) is 0 Å². The average Bonchev–Trinajstić information content (AvgIpc) is 2.62. The number of hydrogen-bond acceptors (Lipinski definition) is 6. The molecule has 0 amide bonds. The van der Waals surface area contributed by atoms with Gasteiger partial charge in [0.15, 0.2) is 0 Å². The molecule has 0 saturated heterocycles. The third-order valence-corrected chi connectivity index (χ3v) is 3.89. The molecule has 1 aromatic heterocycles. The predicted octanol–water partition coefficient (Wildman–Crippen LogP) is 4.47. The van der Waals surface area contributed by atoms with Crippen molar-refractivity contribution in [3.8, 4) is 17.2 Å². The third kappa shape index (κ3) is 3.81. The highest BCUT2D eigenvalue weighted by atomic mass is 35.5. The van der Waals surface area contributed by atoms with Crippen LogP contribution in [0.5, 0.6) is 17.2 Å².